The molecule has 31 heavy (non-hydrogen) atoms. The minimum absolute atomic E-state index is 0.0311. The number of methoxy groups -OCH3 is 1. The summed E-state index contributed by atoms with van der Waals surface area (Å²) in [5.74, 6) is 0.875. The third-order valence-corrected chi connectivity index (χ3v) is 4.74. The number of aromatic nitrogens is 3. The summed E-state index contributed by atoms with van der Waals surface area (Å²) in [5, 5.41) is 10.0. The summed E-state index contributed by atoms with van der Waals surface area (Å²) < 4.78 is 35.0. The van der Waals surface area contributed by atoms with Gasteiger partial charge < -0.3 is 14.8 Å². The van der Waals surface area contributed by atoms with Crippen molar-refractivity contribution in [3.8, 4) is 22.9 Å². The van der Waals surface area contributed by atoms with Gasteiger partial charge in [0.25, 0.3) is 5.91 Å². The summed E-state index contributed by atoms with van der Waals surface area (Å²) in [6.07, 6.45) is 1.30. The lowest BCUT2D eigenvalue weighted by atomic mass is 10.1. The number of amides is 1. The van der Waals surface area contributed by atoms with Crippen molar-refractivity contribution in [3.63, 3.8) is 0 Å². The van der Waals surface area contributed by atoms with Gasteiger partial charge in [0.05, 0.1) is 23.8 Å². The van der Waals surface area contributed by atoms with Crippen molar-refractivity contribution >= 4 is 5.91 Å². The summed E-state index contributed by atoms with van der Waals surface area (Å²) >= 11 is 0. The number of ether oxygens (including phenoxy) is 2. The van der Waals surface area contributed by atoms with Gasteiger partial charge in [-0.15, -0.1) is 0 Å². The minimum Gasteiger partial charge on any atom is -0.496 e. The van der Waals surface area contributed by atoms with E-state index in [1.165, 1.54) is 18.2 Å². The van der Waals surface area contributed by atoms with E-state index in [1.54, 1.807) is 19.2 Å². The van der Waals surface area contributed by atoms with Crippen molar-refractivity contribution < 1.29 is 23.0 Å². The Labute approximate surface area is 178 Å². The van der Waals surface area contributed by atoms with E-state index in [2.05, 4.69) is 25.2 Å². The Morgan fingerprint density at radius 1 is 1.10 bits per heavy atom. The molecular weight excluding hydrogens is 406 g/mol. The molecule has 4 rings (SSSR count). The van der Waals surface area contributed by atoms with Crippen LogP contribution in [0.25, 0.3) is 11.4 Å². The van der Waals surface area contributed by atoms with E-state index in [-0.39, 0.29) is 11.3 Å². The second-order valence-corrected chi connectivity index (χ2v) is 6.62. The lowest BCUT2D eigenvalue weighted by Crippen LogP contribution is -2.36. The van der Waals surface area contributed by atoms with Crippen LogP contribution in [0.15, 0.2) is 48.5 Å². The van der Waals surface area contributed by atoms with Gasteiger partial charge in [0.15, 0.2) is 11.6 Å². The van der Waals surface area contributed by atoms with Crippen LogP contribution in [0.1, 0.15) is 42.9 Å². The Hall–Kier alpha value is -3.49. The predicted octanol–water partition coefficient (Wildman–Crippen LogP) is 4.53. The van der Waals surface area contributed by atoms with Crippen molar-refractivity contribution in [1.82, 2.24) is 20.5 Å². The van der Waals surface area contributed by atoms with E-state index in [9.17, 15) is 13.6 Å². The number of halogens is 2. The van der Waals surface area contributed by atoms with Gasteiger partial charge >= 0.3 is 6.61 Å². The highest BCUT2D eigenvalue weighted by Gasteiger charge is 2.49. The highest BCUT2D eigenvalue weighted by atomic mass is 19.3. The molecule has 1 amide bonds. The zero-order valence-corrected chi connectivity index (χ0v) is 17.5. The summed E-state index contributed by atoms with van der Waals surface area (Å²) in [6, 6.07) is 13.2. The van der Waals surface area contributed by atoms with E-state index < -0.39 is 18.1 Å². The SMILES string of the molecule is CC.COc1ccccc1-c1n[nH]c(C2(NC(=O)c3ccccc3OC(F)F)CC2)n1. The number of carbonyl (C=O) groups is 1. The lowest BCUT2D eigenvalue weighted by Gasteiger charge is -2.16. The maximum Gasteiger partial charge on any atom is 0.387 e. The van der Waals surface area contributed by atoms with Crippen LogP contribution in [-0.4, -0.2) is 34.8 Å². The molecule has 0 radical (unpaired) electrons. The highest BCUT2D eigenvalue weighted by Crippen LogP contribution is 2.45. The van der Waals surface area contributed by atoms with Crippen LogP contribution < -0.4 is 14.8 Å². The second-order valence-electron chi connectivity index (χ2n) is 6.62. The molecule has 0 aliphatic heterocycles. The first kappa shape index (κ1) is 22.2. The zero-order chi connectivity index (χ0) is 22.4. The number of H-pyrrole nitrogens is 1. The molecule has 1 aromatic heterocycles. The first-order valence-corrected chi connectivity index (χ1v) is 9.95. The molecule has 1 saturated carbocycles. The summed E-state index contributed by atoms with van der Waals surface area (Å²) in [4.78, 5) is 17.3. The number of carbonyl (C=O) groups excluding carboxylic acids is 1. The summed E-state index contributed by atoms with van der Waals surface area (Å²) in [5.41, 5.74) is 0.0290. The van der Waals surface area contributed by atoms with Crippen molar-refractivity contribution in [2.24, 2.45) is 0 Å². The highest BCUT2D eigenvalue weighted by molar-refractivity contribution is 5.97. The Balaban J connectivity index is 0.00000132. The van der Waals surface area contributed by atoms with Gasteiger partial charge in [0.1, 0.15) is 11.5 Å². The van der Waals surface area contributed by atoms with Crippen LogP contribution in [0, 0.1) is 0 Å². The number of aromatic amines is 1. The molecule has 9 heteroatoms. The number of hydrogen-bond donors (Lipinski definition) is 2. The van der Waals surface area contributed by atoms with Crippen molar-refractivity contribution in [2.75, 3.05) is 7.11 Å². The van der Waals surface area contributed by atoms with Crippen LogP contribution in [0.2, 0.25) is 0 Å². The van der Waals surface area contributed by atoms with Crippen LogP contribution in [0.3, 0.4) is 0 Å². The number of para-hydroxylation sites is 2. The molecule has 2 aromatic carbocycles. The van der Waals surface area contributed by atoms with E-state index in [4.69, 9.17) is 4.74 Å². The molecule has 0 spiro atoms. The van der Waals surface area contributed by atoms with Crippen molar-refractivity contribution in [3.05, 3.63) is 59.9 Å². The monoisotopic (exact) mass is 430 g/mol. The number of rotatable bonds is 7. The molecule has 7 nitrogen and oxygen atoms in total. The van der Waals surface area contributed by atoms with Gasteiger partial charge in [-0.1, -0.05) is 38.1 Å². The van der Waals surface area contributed by atoms with E-state index >= 15 is 0 Å². The molecule has 1 heterocycles. The van der Waals surface area contributed by atoms with Crippen LogP contribution >= 0.6 is 0 Å². The second kappa shape index (κ2) is 9.55. The third-order valence-electron chi connectivity index (χ3n) is 4.74. The fourth-order valence-corrected chi connectivity index (χ4v) is 3.11. The molecule has 0 bridgehead atoms. The lowest BCUT2D eigenvalue weighted by molar-refractivity contribution is -0.0501. The van der Waals surface area contributed by atoms with E-state index in [1.807, 2.05) is 32.0 Å². The van der Waals surface area contributed by atoms with Gasteiger partial charge in [0, 0.05) is 0 Å². The molecule has 0 atom stereocenters. The van der Waals surface area contributed by atoms with Gasteiger partial charge in [-0.2, -0.15) is 13.9 Å². The molecule has 164 valence electrons. The average molecular weight is 430 g/mol. The molecule has 1 aliphatic carbocycles. The van der Waals surface area contributed by atoms with Crippen LogP contribution in [-0.2, 0) is 5.54 Å². The quantitative estimate of drug-likeness (QED) is 0.575. The largest absolute Gasteiger partial charge is 0.496 e. The van der Waals surface area contributed by atoms with Gasteiger partial charge in [-0.25, -0.2) is 4.98 Å². The van der Waals surface area contributed by atoms with Gasteiger partial charge in [-0.3, -0.25) is 9.89 Å². The maximum atomic E-state index is 12.7. The molecule has 1 fully saturated rings. The van der Waals surface area contributed by atoms with E-state index in [0.29, 0.717) is 30.2 Å². The predicted molar refractivity (Wildman–Crippen MR) is 111 cm³/mol. The van der Waals surface area contributed by atoms with E-state index in [0.717, 1.165) is 5.56 Å². The van der Waals surface area contributed by atoms with Crippen LogP contribution in [0.4, 0.5) is 8.78 Å². The first-order chi connectivity index (χ1) is 15.0. The number of hydrogen-bond acceptors (Lipinski definition) is 5. The van der Waals surface area contributed by atoms with Crippen molar-refractivity contribution in [2.45, 2.75) is 38.8 Å². The first-order valence-electron chi connectivity index (χ1n) is 9.95. The topological polar surface area (TPSA) is 89.1 Å². The number of benzene rings is 2. The summed E-state index contributed by atoms with van der Waals surface area (Å²) in [6.45, 7) is 0.983. The number of nitrogens with one attached hydrogen (secondary N) is 2. The number of nitrogens with zero attached hydrogens (tertiary/aromatic N) is 2. The Morgan fingerprint density at radius 3 is 2.39 bits per heavy atom. The van der Waals surface area contributed by atoms with Gasteiger partial charge in [0.2, 0.25) is 0 Å². The smallest absolute Gasteiger partial charge is 0.387 e. The van der Waals surface area contributed by atoms with Gasteiger partial charge in [-0.05, 0) is 37.1 Å². The Kier molecular flexibility index (Phi) is 6.84. The normalized spacial score (nSPS) is 13.7. The molecule has 0 saturated heterocycles. The Bertz CT molecular complexity index is 1030. The fraction of sp³-hybridized carbons (Fsp3) is 0.318. The Morgan fingerprint density at radius 2 is 1.74 bits per heavy atom. The number of alkyl halides is 2. The average Bonchev–Trinajstić information content (AvgIpc) is 3.39. The maximum absolute atomic E-state index is 12.7. The van der Waals surface area contributed by atoms with Crippen LogP contribution in [0.5, 0.6) is 11.5 Å². The molecule has 2 N–H and O–H groups in total. The summed E-state index contributed by atoms with van der Waals surface area (Å²) in [7, 11) is 1.56. The minimum atomic E-state index is -3.02. The molecule has 0 unspecified atom stereocenters. The third kappa shape index (κ3) is 4.82. The standard InChI is InChI=1S/C20H18F2N4O3.C2H6/c1-28-14-8-4-2-6-12(14)16-23-18(26-25-16)20(10-11-20)24-17(27)13-7-3-5-9-15(13)29-19(21)22;1-2/h2-9,19H,10-11H2,1H3,(H,24,27)(H,23,25,26);1-2H3. The van der Waals surface area contributed by atoms with Crippen molar-refractivity contribution in [1.29, 1.82) is 0 Å². The molecule has 1 aliphatic rings. The fourth-order valence-electron chi connectivity index (χ4n) is 3.11. The zero-order valence-electron chi connectivity index (χ0n) is 17.5. The molecule has 3 aromatic rings. The molecular formula is C22H24F2N4O3.